The average Bonchev–Trinajstić information content (AvgIpc) is 2.70. The molecule has 0 saturated heterocycles. The van der Waals surface area contributed by atoms with Crippen molar-refractivity contribution in [2.45, 2.75) is 0 Å². The Kier molecular flexibility index (Phi) is 6.37. The first-order valence-electron chi connectivity index (χ1n) is 7.80. The normalized spacial score (nSPS) is 10.5. The van der Waals surface area contributed by atoms with Gasteiger partial charge in [-0.25, -0.2) is 0 Å². The molecule has 0 aliphatic carbocycles. The molecule has 0 spiro atoms. The first-order chi connectivity index (χ1) is 12.9. The highest BCUT2D eigenvalue weighted by Gasteiger charge is 2.17. The zero-order valence-electron chi connectivity index (χ0n) is 15.3. The fraction of sp³-hybridized carbons (Fsp3) is 0.211. The molecule has 0 aliphatic rings. The first-order valence-corrected chi connectivity index (χ1v) is 7.80. The van der Waals surface area contributed by atoms with Crippen molar-refractivity contribution in [1.82, 2.24) is 0 Å². The maximum Gasteiger partial charge on any atom is 0.311 e. The monoisotopic (exact) mass is 373 g/mol. The maximum atomic E-state index is 12.4. The van der Waals surface area contributed by atoms with Crippen LogP contribution in [0.1, 0.15) is 15.9 Å². The number of ketones is 1. The molecule has 0 aromatic heterocycles. The SMILES string of the molecule is COc1ccc(C(=O)/C=C/c2cc(OC)c(OC)c(OC)c2)cc1[N+](=O)[O-]. The molecule has 2 rings (SSSR count). The number of benzene rings is 2. The van der Waals surface area contributed by atoms with Crippen LogP contribution in [0.4, 0.5) is 5.69 Å². The van der Waals surface area contributed by atoms with Gasteiger partial charge in [0.2, 0.25) is 5.75 Å². The van der Waals surface area contributed by atoms with E-state index < -0.39 is 10.7 Å². The number of hydrogen-bond acceptors (Lipinski definition) is 7. The van der Waals surface area contributed by atoms with E-state index >= 15 is 0 Å². The zero-order valence-corrected chi connectivity index (χ0v) is 15.3. The number of ether oxygens (including phenoxy) is 4. The molecule has 0 bridgehead atoms. The fourth-order valence-electron chi connectivity index (χ4n) is 2.45. The summed E-state index contributed by atoms with van der Waals surface area (Å²) in [6, 6.07) is 7.40. The van der Waals surface area contributed by atoms with Crippen molar-refractivity contribution in [3.8, 4) is 23.0 Å². The van der Waals surface area contributed by atoms with Crippen molar-refractivity contribution in [2.24, 2.45) is 0 Å². The summed E-state index contributed by atoms with van der Waals surface area (Å²) in [4.78, 5) is 22.9. The lowest BCUT2D eigenvalue weighted by molar-refractivity contribution is -0.385. The molecule has 0 atom stereocenters. The van der Waals surface area contributed by atoms with Gasteiger partial charge in [0.15, 0.2) is 23.0 Å². The van der Waals surface area contributed by atoms with E-state index in [0.29, 0.717) is 22.8 Å². The molecule has 8 nitrogen and oxygen atoms in total. The average molecular weight is 373 g/mol. The standard InChI is InChI=1S/C19H19NO7/c1-24-16-8-6-13(11-14(16)20(22)23)15(21)7-5-12-9-17(25-2)19(27-4)18(10-12)26-3/h5-11H,1-4H3/b7-5+. The molecular weight excluding hydrogens is 354 g/mol. The number of allylic oxidation sites excluding steroid dienone is 1. The van der Waals surface area contributed by atoms with Crippen LogP contribution in [-0.4, -0.2) is 39.1 Å². The van der Waals surface area contributed by atoms with Crippen LogP contribution in [0.3, 0.4) is 0 Å². The summed E-state index contributed by atoms with van der Waals surface area (Å²) in [5.41, 5.74) is 0.539. The van der Waals surface area contributed by atoms with E-state index in [4.69, 9.17) is 18.9 Å². The highest BCUT2D eigenvalue weighted by Crippen LogP contribution is 2.38. The quantitative estimate of drug-likeness (QED) is 0.302. The van der Waals surface area contributed by atoms with Crippen molar-refractivity contribution in [3.05, 3.63) is 57.6 Å². The van der Waals surface area contributed by atoms with Crippen LogP contribution in [0.5, 0.6) is 23.0 Å². The van der Waals surface area contributed by atoms with E-state index in [9.17, 15) is 14.9 Å². The number of hydrogen-bond donors (Lipinski definition) is 0. The third-order valence-electron chi connectivity index (χ3n) is 3.77. The van der Waals surface area contributed by atoms with E-state index in [0.717, 1.165) is 0 Å². The van der Waals surface area contributed by atoms with Crippen LogP contribution >= 0.6 is 0 Å². The van der Waals surface area contributed by atoms with Gasteiger partial charge >= 0.3 is 5.69 Å². The smallest absolute Gasteiger partial charge is 0.311 e. The first kappa shape index (κ1) is 19.8. The maximum absolute atomic E-state index is 12.4. The van der Waals surface area contributed by atoms with Gasteiger partial charge in [-0.3, -0.25) is 14.9 Å². The Balaban J connectivity index is 2.34. The number of carbonyl (C=O) groups is 1. The van der Waals surface area contributed by atoms with Crippen molar-refractivity contribution in [2.75, 3.05) is 28.4 Å². The van der Waals surface area contributed by atoms with Gasteiger partial charge in [-0.1, -0.05) is 6.08 Å². The summed E-state index contributed by atoms with van der Waals surface area (Å²) < 4.78 is 20.7. The third-order valence-corrected chi connectivity index (χ3v) is 3.77. The second-order valence-corrected chi connectivity index (χ2v) is 5.30. The molecule has 27 heavy (non-hydrogen) atoms. The second-order valence-electron chi connectivity index (χ2n) is 5.30. The number of nitro groups is 1. The van der Waals surface area contributed by atoms with E-state index in [2.05, 4.69) is 0 Å². The predicted molar refractivity (Wildman–Crippen MR) is 99.1 cm³/mol. The Morgan fingerprint density at radius 2 is 1.52 bits per heavy atom. The van der Waals surface area contributed by atoms with Crippen molar-refractivity contribution in [3.63, 3.8) is 0 Å². The van der Waals surface area contributed by atoms with Gasteiger partial charge in [-0.2, -0.15) is 0 Å². The number of nitro benzene ring substituents is 1. The largest absolute Gasteiger partial charge is 0.493 e. The number of carbonyl (C=O) groups excluding carboxylic acids is 1. The Morgan fingerprint density at radius 1 is 0.926 bits per heavy atom. The topological polar surface area (TPSA) is 97.1 Å². The van der Waals surface area contributed by atoms with Crippen LogP contribution in [0.25, 0.3) is 6.08 Å². The van der Waals surface area contributed by atoms with E-state index in [1.54, 1.807) is 18.2 Å². The summed E-state index contributed by atoms with van der Waals surface area (Å²) in [5, 5.41) is 11.1. The molecule has 2 aromatic carbocycles. The highest BCUT2D eigenvalue weighted by atomic mass is 16.6. The molecule has 8 heteroatoms. The summed E-state index contributed by atoms with van der Waals surface area (Å²) in [6.45, 7) is 0. The van der Waals surface area contributed by atoms with Crippen LogP contribution in [-0.2, 0) is 0 Å². The van der Waals surface area contributed by atoms with Crippen LogP contribution in [0, 0.1) is 10.1 Å². The lowest BCUT2D eigenvalue weighted by atomic mass is 10.1. The van der Waals surface area contributed by atoms with Gasteiger partial charge < -0.3 is 18.9 Å². The number of rotatable bonds is 8. The van der Waals surface area contributed by atoms with Crippen molar-refractivity contribution < 1.29 is 28.7 Å². The molecule has 0 aliphatic heterocycles. The molecule has 0 heterocycles. The van der Waals surface area contributed by atoms with Gasteiger partial charge in [-0.05, 0) is 35.9 Å². The minimum atomic E-state index is -0.599. The lowest BCUT2D eigenvalue weighted by Gasteiger charge is -2.12. The summed E-state index contributed by atoms with van der Waals surface area (Å²) in [5.74, 6) is 1.03. The molecule has 2 aromatic rings. The molecule has 0 fully saturated rings. The van der Waals surface area contributed by atoms with Crippen molar-refractivity contribution in [1.29, 1.82) is 0 Å². The third kappa shape index (κ3) is 4.35. The van der Waals surface area contributed by atoms with Gasteiger partial charge in [0.05, 0.1) is 33.4 Å². The Morgan fingerprint density at radius 3 is 2.00 bits per heavy atom. The Labute approximate surface area is 156 Å². The van der Waals surface area contributed by atoms with Crippen LogP contribution < -0.4 is 18.9 Å². The molecule has 0 radical (unpaired) electrons. The fourth-order valence-corrected chi connectivity index (χ4v) is 2.45. The van der Waals surface area contributed by atoms with Crippen LogP contribution in [0.15, 0.2) is 36.4 Å². The molecule has 0 amide bonds. The second kappa shape index (κ2) is 8.70. The zero-order chi connectivity index (χ0) is 20.0. The molecule has 0 N–H and O–H groups in total. The minimum absolute atomic E-state index is 0.0881. The van der Waals surface area contributed by atoms with Gasteiger partial charge in [-0.15, -0.1) is 0 Å². The minimum Gasteiger partial charge on any atom is -0.493 e. The van der Waals surface area contributed by atoms with Gasteiger partial charge in [0, 0.05) is 11.6 Å². The summed E-state index contributed by atoms with van der Waals surface area (Å²) >= 11 is 0. The molecular formula is C19H19NO7. The van der Waals surface area contributed by atoms with Gasteiger partial charge in [0.25, 0.3) is 0 Å². The molecule has 0 unspecified atom stereocenters. The molecule has 142 valence electrons. The number of nitrogens with zero attached hydrogens (tertiary/aromatic N) is 1. The lowest BCUT2D eigenvalue weighted by Crippen LogP contribution is -1.99. The van der Waals surface area contributed by atoms with Crippen molar-refractivity contribution >= 4 is 17.5 Å². The summed E-state index contributed by atoms with van der Waals surface area (Å²) in [7, 11) is 5.81. The van der Waals surface area contributed by atoms with E-state index in [-0.39, 0.29) is 17.0 Å². The number of methoxy groups -OCH3 is 4. The highest BCUT2D eigenvalue weighted by molar-refractivity contribution is 6.07. The van der Waals surface area contributed by atoms with E-state index in [1.807, 2.05) is 0 Å². The summed E-state index contributed by atoms with van der Waals surface area (Å²) in [6.07, 6.45) is 2.87. The Hall–Kier alpha value is -3.55. The molecule has 0 saturated carbocycles. The van der Waals surface area contributed by atoms with Crippen LogP contribution in [0.2, 0.25) is 0 Å². The van der Waals surface area contributed by atoms with Gasteiger partial charge in [0.1, 0.15) is 0 Å². The van der Waals surface area contributed by atoms with E-state index in [1.165, 1.54) is 52.7 Å². The Bertz CT molecular complexity index is 865. The predicted octanol–water partition coefficient (Wildman–Crippen LogP) is 3.53.